The molecule has 14 heavy (non-hydrogen) atoms. The number of piperidine rings is 1. The maximum absolute atomic E-state index is 13.1. The summed E-state index contributed by atoms with van der Waals surface area (Å²) in [6.07, 6.45) is -1.28. The van der Waals surface area contributed by atoms with Gasteiger partial charge in [-0.15, -0.1) is 0 Å². The molecule has 1 unspecified atom stereocenters. The van der Waals surface area contributed by atoms with Crippen LogP contribution < -0.4 is 0 Å². The Balaban J connectivity index is 2.54. The maximum Gasteiger partial charge on any atom is 0.263 e. The maximum atomic E-state index is 13.1. The smallest absolute Gasteiger partial charge is 0.263 e. The largest absolute Gasteiger partial charge is 0.392 e. The summed E-state index contributed by atoms with van der Waals surface area (Å²) in [7, 11) is 0. The van der Waals surface area contributed by atoms with E-state index in [-0.39, 0.29) is 12.0 Å². The molecular weight excluding hydrogens is 188 g/mol. The number of hydrogen-bond acceptors (Lipinski definition) is 2. The lowest BCUT2D eigenvalue weighted by molar-refractivity contribution is -0.112. The summed E-state index contributed by atoms with van der Waals surface area (Å²) < 4.78 is 26.2. The van der Waals surface area contributed by atoms with Crippen LogP contribution in [0, 0.1) is 5.41 Å². The second-order valence-corrected chi connectivity index (χ2v) is 5.44. The van der Waals surface area contributed by atoms with Crippen LogP contribution in [0.3, 0.4) is 0 Å². The van der Waals surface area contributed by atoms with Crippen LogP contribution in [0.2, 0.25) is 0 Å². The van der Waals surface area contributed by atoms with Gasteiger partial charge < -0.3 is 5.11 Å². The zero-order valence-electron chi connectivity index (χ0n) is 9.06. The molecule has 0 amide bonds. The lowest BCUT2D eigenvalue weighted by atomic mass is 9.94. The first-order chi connectivity index (χ1) is 6.18. The average Bonchev–Trinajstić information content (AvgIpc) is 1.74. The van der Waals surface area contributed by atoms with E-state index in [1.54, 1.807) is 4.90 Å². The summed E-state index contributed by atoms with van der Waals surface area (Å²) in [6.45, 7) is 6.76. The molecule has 1 aliphatic heterocycles. The van der Waals surface area contributed by atoms with Gasteiger partial charge in [0.15, 0.2) is 0 Å². The van der Waals surface area contributed by atoms with Gasteiger partial charge in [0, 0.05) is 19.5 Å². The normalized spacial score (nSPS) is 29.1. The summed E-state index contributed by atoms with van der Waals surface area (Å²) in [4.78, 5) is 1.65. The van der Waals surface area contributed by atoms with Crippen molar-refractivity contribution >= 4 is 0 Å². The highest BCUT2D eigenvalue weighted by Crippen LogP contribution is 2.28. The van der Waals surface area contributed by atoms with Crippen molar-refractivity contribution in [2.75, 3.05) is 19.6 Å². The number of aliphatic hydroxyl groups is 1. The zero-order chi connectivity index (χ0) is 11.0. The summed E-state index contributed by atoms with van der Waals surface area (Å²) >= 11 is 0. The first-order valence-electron chi connectivity index (χ1n) is 4.96. The quantitative estimate of drug-likeness (QED) is 0.708. The Labute approximate surface area is 83.9 Å². The third-order valence-electron chi connectivity index (χ3n) is 2.16. The SMILES string of the molecule is CC(C)(C)CN1CC(O)CC(F)(F)C1. The Morgan fingerprint density at radius 3 is 2.43 bits per heavy atom. The number of β-amino-alcohol motifs (C(OH)–C–C–N with tert-alkyl or cyclic N) is 1. The van der Waals surface area contributed by atoms with Crippen LogP contribution in [0.25, 0.3) is 0 Å². The summed E-state index contributed by atoms with van der Waals surface area (Å²) in [5, 5.41) is 9.29. The number of hydrogen-bond donors (Lipinski definition) is 1. The van der Waals surface area contributed by atoms with Crippen LogP contribution in [0.1, 0.15) is 27.2 Å². The number of likely N-dealkylation sites (tertiary alicyclic amines) is 1. The minimum atomic E-state index is -2.73. The predicted octanol–water partition coefficient (Wildman–Crippen LogP) is 1.73. The third kappa shape index (κ3) is 3.88. The molecule has 1 atom stereocenters. The Hall–Kier alpha value is -0.220. The van der Waals surface area contributed by atoms with Gasteiger partial charge in [0.05, 0.1) is 12.6 Å². The van der Waals surface area contributed by atoms with Gasteiger partial charge in [0.2, 0.25) is 0 Å². The lowest BCUT2D eigenvalue weighted by Gasteiger charge is -2.38. The molecule has 4 heteroatoms. The van der Waals surface area contributed by atoms with Gasteiger partial charge >= 0.3 is 0 Å². The van der Waals surface area contributed by atoms with Crippen molar-refractivity contribution in [2.45, 2.75) is 39.2 Å². The number of alkyl halides is 2. The second kappa shape index (κ2) is 3.74. The molecule has 0 radical (unpaired) electrons. The highest BCUT2D eigenvalue weighted by molar-refractivity contribution is 4.85. The molecule has 1 fully saturated rings. The molecule has 1 N–H and O–H groups in total. The molecule has 0 aromatic carbocycles. The van der Waals surface area contributed by atoms with E-state index in [0.717, 1.165) is 0 Å². The molecule has 1 rings (SSSR count). The number of rotatable bonds is 1. The second-order valence-electron chi connectivity index (χ2n) is 5.44. The summed E-state index contributed by atoms with van der Waals surface area (Å²) in [5.74, 6) is -2.73. The van der Waals surface area contributed by atoms with Crippen molar-refractivity contribution in [3.8, 4) is 0 Å². The fourth-order valence-corrected chi connectivity index (χ4v) is 1.95. The molecule has 1 saturated heterocycles. The molecule has 84 valence electrons. The predicted molar refractivity (Wildman–Crippen MR) is 51.5 cm³/mol. The van der Waals surface area contributed by atoms with Crippen molar-refractivity contribution in [3.05, 3.63) is 0 Å². The van der Waals surface area contributed by atoms with Crippen molar-refractivity contribution < 1.29 is 13.9 Å². The third-order valence-corrected chi connectivity index (χ3v) is 2.16. The zero-order valence-corrected chi connectivity index (χ0v) is 9.06. The molecule has 0 spiro atoms. The fraction of sp³-hybridized carbons (Fsp3) is 1.00. The van der Waals surface area contributed by atoms with E-state index in [2.05, 4.69) is 0 Å². The van der Waals surface area contributed by atoms with E-state index in [1.165, 1.54) is 0 Å². The van der Waals surface area contributed by atoms with E-state index in [4.69, 9.17) is 0 Å². The number of halogens is 2. The fourth-order valence-electron chi connectivity index (χ4n) is 1.95. The van der Waals surface area contributed by atoms with Crippen molar-refractivity contribution in [3.63, 3.8) is 0 Å². The minimum absolute atomic E-state index is 0.00681. The van der Waals surface area contributed by atoms with E-state index >= 15 is 0 Å². The van der Waals surface area contributed by atoms with Crippen LogP contribution in [-0.4, -0.2) is 41.7 Å². The van der Waals surface area contributed by atoms with Crippen LogP contribution in [0.5, 0.6) is 0 Å². The van der Waals surface area contributed by atoms with Gasteiger partial charge in [-0.25, -0.2) is 8.78 Å². The summed E-state index contributed by atoms with van der Waals surface area (Å²) in [5.41, 5.74) is -0.00681. The molecule has 2 nitrogen and oxygen atoms in total. The topological polar surface area (TPSA) is 23.5 Å². The van der Waals surface area contributed by atoms with Gasteiger partial charge in [0.1, 0.15) is 0 Å². The van der Waals surface area contributed by atoms with Crippen LogP contribution in [0.15, 0.2) is 0 Å². The first kappa shape index (κ1) is 11.9. The molecule has 0 aromatic heterocycles. The molecule has 0 aliphatic carbocycles. The monoisotopic (exact) mass is 207 g/mol. The van der Waals surface area contributed by atoms with E-state index in [1.807, 2.05) is 20.8 Å². The van der Waals surface area contributed by atoms with Crippen molar-refractivity contribution in [1.82, 2.24) is 4.90 Å². The Morgan fingerprint density at radius 1 is 1.43 bits per heavy atom. The van der Waals surface area contributed by atoms with Crippen LogP contribution >= 0.6 is 0 Å². The molecule has 1 aliphatic rings. The van der Waals surface area contributed by atoms with E-state index in [0.29, 0.717) is 13.1 Å². The van der Waals surface area contributed by atoms with Gasteiger partial charge in [-0.1, -0.05) is 20.8 Å². The van der Waals surface area contributed by atoms with Crippen LogP contribution in [-0.2, 0) is 0 Å². The lowest BCUT2D eigenvalue weighted by Crippen LogP contribution is -2.51. The minimum Gasteiger partial charge on any atom is -0.392 e. The molecular formula is C10H19F2NO. The van der Waals surface area contributed by atoms with Crippen molar-refractivity contribution in [2.24, 2.45) is 5.41 Å². The average molecular weight is 207 g/mol. The molecule has 0 aromatic rings. The Morgan fingerprint density at radius 2 is 2.00 bits per heavy atom. The van der Waals surface area contributed by atoms with Crippen molar-refractivity contribution in [1.29, 1.82) is 0 Å². The molecule has 0 bridgehead atoms. The number of nitrogens with zero attached hydrogens (tertiary/aromatic N) is 1. The van der Waals surface area contributed by atoms with E-state index < -0.39 is 18.4 Å². The molecule has 1 heterocycles. The number of aliphatic hydroxyl groups excluding tert-OH is 1. The van der Waals surface area contributed by atoms with E-state index in [9.17, 15) is 13.9 Å². The van der Waals surface area contributed by atoms with Crippen LogP contribution in [0.4, 0.5) is 8.78 Å². The van der Waals surface area contributed by atoms with Gasteiger partial charge in [-0.2, -0.15) is 0 Å². The van der Waals surface area contributed by atoms with Gasteiger partial charge in [0.25, 0.3) is 5.92 Å². The first-order valence-corrected chi connectivity index (χ1v) is 4.96. The standard InChI is InChI=1S/C10H19F2NO/c1-9(2,3)6-13-5-8(14)4-10(11,12)7-13/h8,14H,4-7H2,1-3H3. The summed E-state index contributed by atoms with van der Waals surface area (Å²) in [6, 6.07) is 0. The highest BCUT2D eigenvalue weighted by atomic mass is 19.3. The Kier molecular flexibility index (Phi) is 3.17. The molecule has 0 saturated carbocycles. The highest BCUT2D eigenvalue weighted by Gasteiger charge is 2.40. The van der Waals surface area contributed by atoms with Gasteiger partial charge in [-0.05, 0) is 5.41 Å². The Bertz CT molecular complexity index is 199. The van der Waals surface area contributed by atoms with Gasteiger partial charge in [-0.3, -0.25) is 4.90 Å².